The minimum Gasteiger partial charge on any atom is -0.369 e. The maximum Gasteiger partial charge on any atom is 0.0475 e. The van der Waals surface area contributed by atoms with E-state index >= 15 is 0 Å². The Hall–Kier alpha value is -0.540. The fraction of sp³-hybridized carbons (Fsp3) is 0.778. The first kappa shape index (κ1) is 15.4. The van der Waals surface area contributed by atoms with Gasteiger partial charge in [0.2, 0.25) is 0 Å². The summed E-state index contributed by atoms with van der Waals surface area (Å²) in [6, 6.07) is 2.98. The first-order valence-corrected chi connectivity index (χ1v) is 9.80. The van der Waals surface area contributed by atoms with Crippen LogP contribution in [0.3, 0.4) is 0 Å². The van der Waals surface area contributed by atoms with Gasteiger partial charge in [0.15, 0.2) is 0 Å². The summed E-state index contributed by atoms with van der Waals surface area (Å²) in [7, 11) is 0. The number of hydrogen-bond donors (Lipinski definition) is 1. The van der Waals surface area contributed by atoms with Gasteiger partial charge in [-0.2, -0.15) is 11.3 Å². The fourth-order valence-electron chi connectivity index (χ4n) is 4.16. The summed E-state index contributed by atoms with van der Waals surface area (Å²) in [5, 5.41) is 8.42. The molecule has 0 amide bonds. The lowest BCUT2D eigenvalue weighted by Crippen LogP contribution is -2.50. The largest absolute Gasteiger partial charge is 0.369 e. The van der Waals surface area contributed by atoms with E-state index in [1.807, 2.05) is 11.3 Å². The molecule has 0 bridgehead atoms. The third-order valence-corrected chi connectivity index (χ3v) is 5.95. The summed E-state index contributed by atoms with van der Waals surface area (Å²) >= 11 is 1.82. The van der Waals surface area contributed by atoms with Crippen molar-refractivity contribution in [2.45, 2.75) is 57.9 Å². The zero-order valence-electron chi connectivity index (χ0n) is 13.4. The molecule has 21 heavy (non-hydrogen) atoms. The van der Waals surface area contributed by atoms with Gasteiger partial charge in [0.05, 0.1) is 0 Å². The third-order valence-electron chi connectivity index (χ3n) is 5.28. The van der Waals surface area contributed by atoms with E-state index in [1.54, 1.807) is 0 Å². The number of thiophene rings is 1. The molecule has 1 aromatic heterocycles. The van der Waals surface area contributed by atoms with E-state index in [0.717, 1.165) is 11.8 Å². The van der Waals surface area contributed by atoms with E-state index in [2.05, 4.69) is 34.0 Å². The fourth-order valence-corrected chi connectivity index (χ4v) is 4.83. The SMILES string of the molecule is CCCC1CC(NCC2CCCC2)CN(c2ccsc2)C1. The molecule has 0 radical (unpaired) electrons. The minimum absolute atomic E-state index is 0.691. The molecule has 3 rings (SSSR count). The van der Waals surface area contributed by atoms with Crippen LogP contribution in [0.4, 0.5) is 5.69 Å². The van der Waals surface area contributed by atoms with Gasteiger partial charge in [-0.25, -0.2) is 0 Å². The predicted octanol–water partition coefficient (Wildman–Crippen LogP) is 4.52. The molecule has 3 heteroatoms. The van der Waals surface area contributed by atoms with Crippen LogP contribution < -0.4 is 10.2 Å². The van der Waals surface area contributed by atoms with Crippen LogP contribution in [0.2, 0.25) is 0 Å². The van der Waals surface area contributed by atoms with E-state index in [0.29, 0.717) is 6.04 Å². The van der Waals surface area contributed by atoms with E-state index in [9.17, 15) is 0 Å². The topological polar surface area (TPSA) is 15.3 Å². The average Bonchev–Trinajstić information content (AvgIpc) is 3.19. The quantitative estimate of drug-likeness (QED) is 0.831. The number of hydrogen-bond acceptors (Lipinski definition) is 3. The van der Waals surface area contributed by atoms with Gasteiger partial charge in [-0.1, -0.05) is 26.2 Å². The number of piperidine rings is 1. The van der Waals surface area contributed by atoms with Gasteiger partial charge in [-0.05, 0) is 55.5 Å². The molecule has 118 valence electrons. The van der Waals surface area contributed by atoms with Crippen LogP contribution in [0.1, 0.15) is 51.9 Å². The highest BCUT2D eigenvalue weighted by Crippen LogP contribution is 2.28. The lowest BCUT2D eigenvalue weighted by atomic mass is 9.90. The van der Waals surface area contributed by atoms with Crippen molar-refractivity contribution in [1.82, 2.24) is 5.32 Å². The Bertz CT molecular complexity index is 397. The number of nitrogens with one attached hydrogen (secondary N) is 1. The van der Waals surface area contributed by atoms with E-state index in [1.165, 1.54) is 70.3 Å². The van der Waals surface area contributed by atoms with Crippen molar-refractivity contribution < 1.29 is 0 Å². The second kappa shape index (κ2) is 7.64. The van der Waals surface area contributed by atoms with Crippen LogP contribution in [0.15, 0.2) is 16.8 Å². The first-order chi connectivity index (χ1) is 10.3. The third kappa shape index (κ3) is 4.23. The lowest BCUT2D eigenvalue weighted by Gasteiger charge is -2.39. The Morgan fingerprint density at radius 3 is 2.81 bits per heavy atom. The van der Waals surface area contributed by atoms with Crippen molar-refractivity contribution in [1.29, 1.82) is 0 Å². The van der Waals surface area contributed by atoms with Crippen molar-refractivity contribution in [2.24, 2.45) is 11.8 Å². The summed E-state index contributed by atoms with van der Waals surface area (Å²) in [5.41, 5.74) is 1.44. The first-order valence-electron chi connectivity index (χ1n) is 8.85. The van der Waals surface area contributed by atoms with Crippen molar-refractivity contribution >= 4 is 17.0 Å². The predicted molar refractivity (Wildman–Crippen MR) is 93.3 cm³/mol. The van der Waals surface area contributed by atoms with Gasteiger partial charge >= 0.3 is 0 Å². The van der Waals surface area contributed by atoms with Crippen molar-refractivity contribution in [3.05, 3.63) is 16.8 Å². The molecule has 1 aromatic rings. The summed E-state index contributed by atoms with van der Waals surface area (Å²) in [5.74, 6) is 1.82. The number of anilines is 1. The highest BCUT2D eigenvalue weighted by Gasteiger charge is 2.27. The Morgan fingerprint density at radius 2 is 2.10 bits per heavy atom. The van der Waals surface area contributed by atoms with Gasteiger partial charge < -0.3 is 10.2 Å². The van der Waals surface area contributed by atoms with Gasteiger partial charge in [-0.3, -0.25) is 0 Å². The molecule has 1 N–H and O–H groups in total. The molecule has 1 aliphatic heterocycles. The van der Waals surface area contributed by atoms with Gasteiger partial charge in [0, 0.05) is 30.2 Å². The molecule has 0 aromatic carbocycles. The van der Waals surface area contributed by atoms with E-state index < -0.39 is 0 Å². The van der Waals surface area contributed by atoms with Crippen molar-refractivity contribution in [3.63, 3.8) is 0 Å². The van der Waals surface area contributed by atoms with Crippen molar-refractivity contribution in [2.75, 3.05) is 24.5 Å². The molecule has 2 atom stereocenters. The summed E-state index contributed by atoms with van der Waals surface area (Å²) in [6.45, 7) is 6.03. The second-order valence-corrected chi connectivity index (χ2v) is 7.81. The van der Waals surface area contributed by atoms with Gasteiger partial charge in [-0.15, -0.1) is 0 Å². The van der Waals surface area contributed by atoms with Crippen molar-refractivity contribution in [3.8, 4) is 0 Å². The minimum atomic E-state index is 0.691. The molecular formula is C18H30N2S. The highest BCUT2D eigenvalue weighted by molar-refractivity contribution is 7.08. The van der Waals surface area contributed by atoms with Crippen LogP contribution in [-0.2, 0) is 0 Å². The van der Waals surface area contributed by atoms with Crippen LogP contribution in [0, 0.1) is 11.8 Å². The standard InChI is InChI=1S/C18H30N2S/c1-2-5-16-10-17(19-11-15-6-3-4-7-15)13-20(12-16)18-8-9-21-14-18/h8-9,14-17,19H,2-7,10-13H2,1H3. The highest BCUT2D eigenvalue weighted by atomic mass is 32.1. The molecule has 0 spiro atoms. The molecule has 2 fully saturated rings. The molecule has 2 heterocycles. The molecule has 1 saturated heterocycles. The Morgan fingerprint density at radius 1 is 1.24 bits per heavy atom. The second-order valence-electron chi connectivity index (χ2n) is 7.03. The Kier molecular flexibility index (Phi) is 5.59. The zero-order valence-corrected chi connectivity index (χ0v) is 14.2. The van der Waals surface area contributed by atoms with E-state index in [4.69, 9.17) is 0 Å². The summed E-state index contributed by atoms with van der Waals surface area (Å²) in [6.07, 6.45) is 9.88. The summed E-state index contributed by atoms with van der Waals surface area (Å²) < 4.78 is 0. The molecule has 2 aliphatic rings. The molecule has 1 aliphatic carbocycles. The lowest BCUT2D eigenvalue weighted by molar-refractivity contribution is 0.305. The number of rotatable bonds is 6. The Labute approximate surface area is 133 Å². The number of nitrogens with zero attached hydrogens (tertiary/aromatic N) is 1. The normalized spacial score (nSPS) is 27.4. The monoisotopic (exact) mass is 306 g/mol. The summed E-state index contributed by atoms with van der Waals surface area (Å²) in [4.78, 5) is 2.62. The average molecular weight is 307 g/mol. The maximum absolute atomic E-state index is 3.91. The van der Waals surface area contributed by atoms with Crippen LogP contribution in [-0.4, -0.2) is 25.7 Å². The van der Waals surface area contributed by atoms with Crippen LogP contribution >= 0.6 is 11.3 Å². The maximum atomic E-state index is 3.91. The molecule has 1 saturated carbocycles. The van der Waals surface area contributed by atoms with E-state index in [-0.39, 0.29) is 0 Å². The van der Waals surface area contributed by atoms with Crippen LogP contribution in [0.5, 0.6) is 0 Å². The molecular weight excluding hydrogens is 276 g/mol. The smallest absolute Gasteiger partial charge is 0.0475 e. The molecule has 2 nitrogen and oxygen atoms in total. The zero-order chi connectivity index (χ0) is 14.5. The van der Waals surface area contributed by atoms with Gasteiger partial charge in [0.1, 0.15) is 0 Å². The van der Waals surface area contributed by atoms with Gasteiger partial charge in [0.25, 0.3) is 0 Å². The Balaban J connectivity index is 1.56. The molecule has 2 unspecified atom stereocenters. The van der Waals surface area contributed by atoms with Crippen LogP contribution in [0.25, 0.3) is 0 Å².